The molecule has 0 N–H and O–H groups in total. The molecule has 0 spiro atoms. The SMILES string of the molecule is O=c1c2ccccc2ncn1Cc1cc(F)ccc1F. The fourth-order valence-corrected chi connectivity index (χ4v) is 2.07. The van der Waals surface area contributed by atoms with Crippen LogP contribution < -0.4 is 5.56 Å². The predicted octanol–water partition coefficient (Wildman–Crippen LogP) is 2.72. The highest BCUT2D eigenvalue weighted by atomic mass is 19.1. The van der Waals surface area contributed by atoms with Crippen LogP contribution in [0, 0.1) is 11.6 Å². The van der Waals surface area contributed by atoms with Crippen molar-refractivity contribution in [2.24, 2.45) is 0 Å². The second kappa shape index (κ2) is 4.85. The van der Waals surface area contributed by atoms with Gasteiger partial charge in [-0.05, 0) is 30.3 Å². The lowest BCUT2D eigenvalue weighted by atomic mass is 10.2. The molecule has 0 radical (unpaired) electrons. The Balaban J connectivity index is 2.09. The fourth-order valence-electron chi connectivity index (χ4n) is 2.07. The number of para-hydroxylation sites is 1. The molecule has 0 saturated carbocycles. The Bertz CT molecular complexity index is 843. The fraction of sp³-hybridized carbons (Fsp3) is 0.0667. The topological polar surface area (TPSA) is 34.9 Å². The van der Waals surface area contributed by atoms with Crippen LogP contribution in [0.2, 0.25) is 0 Å². The first kappa shape index (κ1) is 12.5. The van der Waals surface area contributed by atoms with Gasteiger partial charge in [0.2, 0.25) is 0 Å². The number of aromatic nitrogens is 2. The number of rotatable bonds is 2. The maximum atomic E-state index is 13.6. The molecule has 0 bridgehead atoms. The van der Waals surface area contributed by atoms with Crippen molar-refractivity contribution in [3.05, 3.63) is 76.3 Å². The summed E-state index contributed by atoms with van der Waals surface area (Å²) < 4.78 is 28.0. The van der Waals surface area contributed by atoms with Crippen molar-refractivity contribution in [3.63, 3.8) is 0 Å². The molecule has 0 saturated heterocycles. The molecule has 3 nitrogen and oxygen atoms in total. The summed E-state index contributed by atoms with van der Waals surface area (Å²) in [4.78, 5) is 16.4. The van der Waals surface area contributed by atoms with E-state index < -0.39 is 11.6 Å². The van der Waals surface area contributed by atoms with Crippen molar-refractivity contribution in [2.75, 3.05) is 0 Å². The minimum atomic E-state index is -0.550. The zero-order valence-corrected chi connectivity index (χ0v) is 10.4. The number of fused-ring (bicyclic) bond motifs is 1. The molecule has 0 atom stereocenters. The van der Waals surface area contributed by atoms with Gasteiger partial charge < -0.3 is 0 Å². The molecule has 0 amide bonds. The number of hydrogen-bond donors (Lipinski definition) is 0. The largest absolute Gasteiger partial charge is 0.294 e. The predicted molar refractivity (Wildman–Crippen MR) is 71.5 cm³/mol. The van der Waals surface area contributed by atoms with Crippen LogP contribution in [0.25, 0.3) is 10.9 Å². The molecule has 2 aromatic carbocycles. The number of nitrogens with zero attached hydrogens (tertiary/aromatic N) is 2. The van der Waals surface area contributed by atoms with Crippen molar-refractivity contribution >= 4 is 10.9 Å². The van der Waals surface area contributed by atoms with E-state index in [9.17, 15) is 13.6 Å². The number of benzene rings is 2. The van der Waals surface area contributed by atoms with E-state index in [1.165, 1.54) is 10.9 Å². The van der Waals surface area contributed by atoms with Gasteiger partial charge >= 0.3 is 0 Å². The Morgan fingerprint density at radius 3 is 2.75 bits per heavy atom. The maximum Gasteiger partial charge on any atom is 0.261 e. The summed E-state index contributed by atoms with van der Waals surface area (Å²) in [7, 11) is 0. The number of halogens is 2. The molecular formula is C15H10F2N2O. The van der Waals surface area contributed by atoms with E-state index in [0.29, 0.717) is 10.9 Å². The second-order valence-electron chi connectivity index (χ2n) is 4.43. The van der Waals surface area contributed by atoms with E-state index in [2.05, 4.69) is 4.98 Å². The Morgan fingerprint density at radius 1 is 1.10 bits per heavy atom. The van der Waals surface area contributed by atoms with Crippen LogP contribution in [0.1, 0.15) is 5.56 Å². The first-order valence-corrected chi connectivity index (χ1v) is 6.03. The molecule has 0 aliphatic heterocycles. The van der Waals surface area contributed by atoms with E-state index in [1.807, 2.05) is 0 Å². The smallest absolute Gasteiger partial charge is 0.261 e. The molecule has 0 fully saturated rings. The van der Waals surface area contributed by atoms with Gasteiger partial charge in [-0.15, -0.1) is 0 Å². The summed E-state index contributed by atoms with van der Waals surface area (Å²) in [5, 5.41) is 0.451. The zero-order valence-electron chi connectivity index (χ0n) is 10.4. The summed E-state index contributed by atoms with van der Waals surface area (Å²) in [5.41, 5.74) is 0.414. The third-order valence-electron chi connectivity index (χ3n) is 3.08. The third kappa shape index (κ3) is 2.18. The molecule has 5 heteroatoms. The van der Waals surface area contributed by atoms with Gasteiger partial charge in [0, 0.05) is 5.56 Å². The lowest BCUT2D eigenvalue weighted by Crippen LogP contribution is -2.21. The van der Waals surface area contributed by atoms with E-state index >= 15 is 0 Å². The lowest BCUT2D eigenvalue weighted by Gasteiger charge is -2.07. The highest BCUT2D eigenvalue weighted by Crippen LogP contribution is 2.11. The van der Waals surface area contributed by atoms with Gasteiger partial charge in [0.25, 0.3) is 5.56 Å². The van der Waals surface area contributed by atoms with E-state index in [1.54, 1.807) is 24.3 Å². The summed E-state index contributed by atoms with van der Waals surface area (Å²) in [6.45, 7) is -0.0553. The molecule has 0 aliphatic rings. The molecule has 1 aromatic heterocycles. The molecule has 0 unspecified atom stereocenters. The van der Waals surface area contributed by atoms with Crippen molar-refractivity contribution < 1.29 is 8.78 Å². The first-order valence-electron chi connectivity index (χ1n) is 6.03. The minimum absolute atomic E-state index is 0.0553. The average molecular weight is 272 g/mol. The first-order chi connectivity index (χ1) is 9.65. The van der Waals surface area contributed by atoms with Crippen LogP contribution in [-0.4, -0.2) is 9.55 Å². The highest BCUT2D eigenvalue weighted by Gasteiger charge is 2.08. The standard InChI is InChI=1S/C15H10F2N2O/c16-11-5-6-13(17)10(7-11)8-19-9-18-14-4-2-1-3-12(14)15(19)20/h1-7,9H,8H2. The van der Waals surface area contributed by atoms with Crippen molar-refractivity contribution in [3.8, 4) is 0 Å². The van der Waals surface area contributed by atoms with Gasteiger partial charge in [-0.1, -0.05) is 12.1 Å². The lowest BCUT2D eigenvalue weighted by molar-refractivity contribution is 0.574. The van der Waals surface area contributed by atoms with Gasteiger partial charge in [-0.2, -0.15) is 0 Å². The third-order valence-corrected chi connectivity index (χ3v) is 3.08. The zero-order chi connectivity index (χ0) is 14.1. The van der Waals surface area contributed by atoms with Crippen LogP contribution in [0.4, 0.5) is 8.78 Å². The van der Waals surface area contributed by atoms with Crippen LogP contribution in [0.3, 0.4) is 0 Å². The highest BCUT2D eigenvalue weighted by molar-refractivity contribution is 5.76. The van der Waals surface area contributed by atoms with Crippen molar-refractivity contribution in [1.29, 1.82) is 0 Å². The minimum Gasteiger partial charge on any atom is -0.294 e. The number of hydrogen-bond acceptors (Lipinski definition) is 2. The molecular weight excluding hydrogens is 262 g/mol. The van der Waals surface area contributed by atoms with Crippen LogP contribution in [-0.2, 0) is 6.54 Å². The average Bonchev–Trinajstić information content (AvgIpc) is 2.46. The molecule has 100 valence electrons. The quantitative estimate of drug-likeness (QED) is 0.719. The molecule has 0 aliphatic carbocycles. The maximum absolute atomic E-state index is 13.6. The molecule has 3 rings (SSSR count). The van der Waals surface area contributed by atoms with Gasteiger partial charge in [-0.3, -0.25) is 9.36 Å². The van der Waals surface area contributed by atoms with Gasteiger partial charge in [0.1, 0.15) is 11.6 Å². The Morgan fingerprint density at radius 2 is 1.90 bits per heavy atom. The van der Waals surface area contributed by atoms with E-state index in [0.717, 1.165) is 18.2 Å². The summed E-state index contributed by atoms with van der Waals surface area (Å²) >= 11 is 0. The summed E-state index contributed by atoms with van der Waals surface area (Å²) in [6, 6.07) is 10.1. The molecule has 1 heterocycles. The Labute approximate surface area is 113 Å². The van der Waals surface area contributed by atoms with Crippen LogP contribution in [0.15, 0.2) is 53.6 Å². The van der Waals surface area contributed by atoms with E-state index in [4.69, 9.17) is 0 Å². The summed E-state index contributed by atoms with van der Waals surface area (Å²) in [6.07, 6.45) is 1.34. The normalized spacial score (nSPS) is 10.9. The Hall–Kier alpha value is -2.56. The van der Waals surface area contributed by atoms with Crippen LogP contribution >= 0.6 is 0 Å². The Kier molecular flexibility index (Phi) is 3.02. The monoisotopic (exact) mass is 272 g/mol. The van der Waals surface area contributed by atoms with Crippen molar-refractivity contribution in [2.45, 2.75) is 6.54 Å². The van der Waals surface area contributed by atoms with Crippen molar-refractivity contribution in [1.82, 2.24) is 9.55 Å². The van der Waals surface area contributed by atoms with E-state index in [-0.39, 0.29) is 17.7 Å². The van der Waals surface area contributed by atoms with Crippen LogP contribution in [0.5, 0.6) is 0 Å². The molecule has 3 aromatic rings. The summed E-state index contributed by atoms with van der Waals surface area (Å²) in [5.74, 6) is -1.09. The second-order valence-corrected chi connectivity index (χ2v) is 4.43. The van der Waals surface area contributed by atoms with Gasteiger partial charge in [-0.25, -0.2) is 13.8 Å². The van der Waals surface area contributed by atoms with Gasteiger partial charge in [0.15, 0.2) is 0 Å². The van der Waals surface area contributed by atoms with Gasteiger partial charge in [0.05, 0.1) is 23.8 Å². The molecule has 20 heavy (non-hydrogen) atoms.